The highest BCUT2D eigenvalue weighted by molar-refractivity contribution is 7.85. The average Bonchev–Trinajstić information content (AvgIpc) is 2.93. The zero-order valence-electron chi connectivity index (χ0n) is 19.1. The standard InChI is InChI=1S/C31H21Cl2O2P/c32-26-19-11-20-27(33)30(26)31(34)25-18-10-21-28(29(25)22-12-4-1-5-13-22)36(35,23-14-6-2-7-15-23)24-16-8-3-9-17-24/h1-21H. The molecular formula is C31H21Cl2O2P. The molecule has 0 aliphatic rings. The minimum atomic E-state index is -3.38. The second-order valence-corrected chi connectivity index (χ2v) is 11.8. The van der Waals surface area contributed by atoms with Gasteiger partial charge in [-0.25, -0.2) is 0 Å². The molecule has 2 nitrogen and oxygen atoms in total. The maximum atomic E-state index is 15.3. The van der Waals surface area contributed by atoms with Crippen LogP contribution in [-0.4, -0.2) is 5.78 Å². The van der Waals surface area contributed by atoms with Crippen molar-refractivity contribution in [1.82, 2.24) is 0 Å². The van der Waals surface area contributed by atoms with Crippen LogP contribution in [0.4, 0.5) is 0 Å². The van der Waals surface area contributed by atoms with E-state index in [0.717, 1.165) is 5.56 Å². The summed E-state index contributed by atoms with van der Waals surface area (Å²) in [7, 11) is -3.38. The quantitative estimate of drug-likeness (QED) is 0.169. The largest absolute Gasteiger partial charge is 0.309 e. The first kappa shape index (κ1) is 24.3. The van der Waals surface area contributed by atoms with Gasteiger partial charge >= 0.3 is 0 Å². The molecule has 176 valence electrons. The average molecular weight is 527 g/mol. The lowest BCUT2D eigenvalue weighted by atomic mass is 9.94. The van der Waals surface area contributed by atoms with E-state index in [2.05, 4.69) is 0 Å². The number of rotatable bonds is 6. The predicted molar refractivity (Wildman–Crippen MR) is 151 cm³/mol. The van der Waals surface area contributed by atoms with E-state index in [-0.39, 0.29) is 21.4 Å². The molecule has 0 unspecified atom stereocenters. The highest BCUT2D eigenvalue weighted by Gasteiger charge is 2.34. The molecule has 0 N–H and O–H groups in total. The fourth-order valence-electron chi connectivity index (χ4n) is 4.45. The van der Waals surface area contributed by atoms with E-state index in [4.69, 9.17) is 23.2 Å². The predicted octanol–water partition coefficient (Wildman–Crippen LogP) is 7.53. The third kappa shape index (κ3) is 4.33. The van der Waals surface area contributed by atoms with Gasteiger partial charge in [0.15, 0.2) is 12.9 Å². The molecule has 0 radical (unpaired) electrons. The molecule has 0 aliphatic heterocycles. The Bertz CT molecular complexity index is 1520. The van der Waals surface area contributed by atoms with Gasteiger partial charge in [-0.15, -0.1) is 0 Å². The molecule has 0 saturated carbocycles. The molecule has 5 aromatic carbocycles. The van der Waals surface area contributed by atoms with Crippen molar-refractivity contribution in [2.45, 2.75) is 0 Å². The van der Waals surface area contributed by atoms with Crippen molar-refractivity contribution < 1.29 is 9.36 Å². The number of hydrogen-bond donors (Lipinski definition) is 0. The highest BCUT2D eigenvalue weighted by atomic mass is 35.5. The minimum absolute atomic E-state index is 0.226. The van der Waals surface area contributed by atoms with Crippen LogP contribution in [0.15, 0.2) is 127 Å². The van der Waals surface area contributed by atoms with E-state index >= 15 is 4.57 Å². The summed E-state index contributed by atoms with van der Waals surface area (Å²) >= 11 is 12.9. The van der Waals surface area contributed by atoms with Gasteiger partial charge in [-0.2, -0.15) is 0 Å². The van der Waals surface area contributed by atoms with Gasteiger partial charge in [0.1, 0.15) is 0 Å². The summed E-state index contributed by atoms with van der Waals surface area (Å²) in [6, 6.07) is 38.8. The molecule has 0 fully saturated rings. The Morgan fingerprint density at radius 2 is 1.03 bits per heavy atom. The van der Waals surface area contributed by atoms with Crippen LogP contribution in [0.1, 0.15) is 15.9 Å². The second kappa shape index (κ2) is 10.3. The molecule has 5 rings (SSSR count). The number of carbonyl (C=O) groups is 1. The number of carbonyl (C=O) groups excluding carboxylic acids is 1. The first-order valence-electron chi connectivity index (χ1n) is 11.4. The van der Waals surface area contributed by atoms with Gasteiger partial charge in [0, 0.05) is 27.0 Å². The van der Waals surface area contributed by atoms with Crippen LogP contribution < -0.4 is 15.9 Å². The Morgan fingerprint density at radius 3 is 1.56 bits per heavy atom. The van der Waals surface area contributed by atoms with Gasteiger partial charge in [0.25, 0.3) is 0 Å². The Labute approximate surface area is 220 Å². The lowest BCUT2D eigenvalue weighted by molar-refractivity contribution is 0.103. The van der Waals surface area contributed by atoms with E-state index in [9.17, 15) is 4.79 Å². The molecule has 0 amide bonds. The molecule has 36 heavy (non-hydrogen) atoms. The molecule has 0 heterocycles. The van der Waals surface area contributed by atoms with Gasteiger partial charge in [0.05, 0.1) is 15.6 Å². The first-order valence-corrected chi connectivity index (χ1v) is 13.9. The molecular weight excluding hydrogens is 506 g/mol. The normalized spacial score (nSPS) is 11.3. The van der Waals surface area contributed by atoms with Crippen molar-refractivity contribution in [2.75, 3.05) is 0 Å². The monoisotopic (exact) mass is 526 g/mol. The summed E-state index contributed by atoms with van der Waals surface area (Å²) in [6.45, 7) is 0. The van der Waals surface area contributed by atoms with Crippen LogP contribution in [0.2, 0.25) is 10.0 Å². The van der Waals surface area contributed by atoms with Gasteiger partial charge in [-0.05, 0) is 17.7 Å². The van der Waals surface area contributed by atoms with E-state index < -0.39 is 7.14 Å². The highest BCUT2D eigenvalue weighted by Crippen LogP contribution is 2.46. The molecule has 5 heteroatoms. The van der Waals surface area contributed by atoms with E-state index in [1.54, 1.807) is 30.3 Å². The van der Waals surface area contributed by atoms with Crippen LogP contribution in [0, 0.1) is 0 Å². The first-order chi connectivity index (χ1) is 17.5. The number of hydrogen-bond acceptors (Lipinski definition) is 2. The molecule has 0 aromatic heterocycles. The zero-order valence-corrected chi connectivity index (χ0v) is 21.6. The Kier molecular flexibility index (Phi) is 6.94. The third-order valence-corrected chi connectivity index (χ3v) is 9.85. The van der Waals surface area contributed by atoms with Crippen molar-refractivity contribution in [1.29, 1.82) is 0 Å². The van der Waals surface area contributed by atoms with Crippen molar-refractivity contribution >= 4 is 52.0 Å². The minimum Gasteiger partial charge on any atom is -0.309 e. The molecule has 0 atom stereocenters. The molecule has 0 bridgehead atoms. The summed E-state index contributed by atoms with van der Waals surface area (Å²) < 4.78 is 15.3. The summed E-state index contributed by atoms with van der Waals surface area (Å²) in [6.07, 6.45) is 0. The smallest absolute Gasteiger partial charge is 0.196 e. The van der Waals surface area contributed by atoms with Crippen molar-refractivity contribution in [3.05, 3.63) is 149 Å². The summed E-state index contributed by atoms with van der Waals surface area (Å²) in [5.41, 5.74) is 2.01. The Hall–Kier alpha value is -3.42. The fraction of sp³-hybridized carbons (Fsp3) is 0. The third-order valence-electron chi connectivity index (χ3n) is 6.12. The van der Waals surface area contributed by atoms with Crippen molar-refractivity contribution in [2.24, 2.45) is 0 Å². The van der Waals surface area contributed by atoms with E-state index in [0.29, 0.717) is 27.0 Å². The van der Waals surface area contributed by atoms with Crippen LogP contribution >= 0.6 is 30.3 Å². The second-order valence-electron chi connectivity index (χ2n) is 8.27. The molecule has 5 aromatic rings. The summed E-state index contributed by atoms with van der Waals surface area (Å²) in [4.78, 5) is 14.0. The topological polar surface area (TPSA) is 34.1 Å². The van der Waals surface area contributed by atoms with Gasteiger partial charge in [0.2, 0.25) is 0 Å². The van der Waals surface area contributed by atoms with Crippen molar-refractivity contribution in [3.63, 3.8) is 0 Å². The molecule has 0 spiro atoms. The number of ketones is 1. The van der Waals surface area contributed by atoms with E-state index in [1.807, 2.05) is 97.1 Å². The molecule has 0 saturated heterocycles. The number of benzene rings is 5. The maximum Gasteiger partial charge on any atom is 0.196 e. The van der Waals surface area contributed by atoms with Crippen LogP contribution in [-0.2, 0) is 4.57 Å². The lowest BCUT2D eigenvalue weighted by Gasteiger charge is -2.24. The maximum absolute atomic E-state index is 15.3. The van der Waals surface area contributed by atoms with Gasteiger partial charge in [-0.3, -0.25) is 4.79 Å². The van der Waals surface area contributed by atoms with Gasteiger partial charge < -0.3 is 4.57 Å². The summed E-state index contributed by atoms with van der Waals surface area (Å²) in [5.74, 6) is -0.320. The van der Waals surface area contributed by atoms with Gasteiger partial charge in [-0.1, -0.05) is 138 Å². The zero-order chi connectivity index (χ0) is 25.1. The Balaban J connectivity index is 1.87. The SMILES string of the molecule is O=C(c1cccc(P(=O)(c2ccccc2)c2ccccc2)c1-c1ccccc1)c1c(Cl)cccc1Cl. The number of halogens is 2. The Morgan fingerprint density at radius 1 is 0.556 bits per heavy atom. The lowest BCUT2D eigenvalue weighted by Crippen LogP contribution is -2.27. The van der Waals surface area contributed by atoms with Crippen LogP contribution in [0.25, 0.3) is 11.1 Å². The fourth-order valence-corrected chi connectivity index (χ4v) is 7.92. The summed E-state index contributed by atoms with van der Waals surface area (Å²) in [5, 5.41) is 2.50. The van der Waals surface area contributed by atoms with Crippen LogP contribution in [0.3, 0.4) is 0 Å². The van der Waals surface area contributed by atoms with Crippen LogP contribution in [0.5, 0.6) is 0 Å². The van der Waals surface area contributed by atoms with E-state index in [1.165, 1.54) is 0 Å². The van der Waals surface area contributed by atoms with Crippen molar-refractivity contribution in [3.8, 4) is 11.1 Å². The molecule has 0 aliphatic carbocycles.